The van der Waals surface area contributed by atoms with Crippen LogP contribution in [0.2, 0.25) is 0 Å². The molecule has 0 unspecified atom stereocenters. The van der Waals surface area contributed by atoms with Gasteiger partial charge in [-0.3, -0.25) is 19.2 Å². The van der Waals surface area contributed by atoms with E-state index in [4.69, 9.17) is 0 Å². The van der Waals surface area contributed by atoms with Gasteiger partial charge in [-0.05, 0) is 49.8 Å². The number of H-pyrrole nitrogens is 1. The van der Waals surface area contributed by atoms with Crippen molar-refractivity contribution in [2.45, 2.75) is 53.2 Å². The zero-order valence-electron chi connectivity index (χ0n) is 21.0. The molecule has 0 bridgehead atoms. The Balaban J connectivity index is 2.13. The maximum atomic E-state index is 13.8. The lowest BCUT2D eigenvalue weighted by Gasteiger charge is -2.35. The van der Waals surface area contributed by atoms with Crippen molar-refractivity contribution in [2.75, 3.05) is 0 Å². The average molecular weight is 491 g/mol. The van der Waals surface area contributed by atoms with Crippen LogP contribution in [0.5, 0.6) is 0 Å². The Morgan fingerprint density at radius 1 is 1.08 bits per heavy atom. The lowest BCUT2D eigenvalue weighted by atomic mass is 9.94. The van der Waals surface area contributed by atoms with Gasteiger partial charge >= 0.3 is 11.8 Å². The van der Waals surface area contributed by atoms with Crippen LogP contribution >= 0.6 is 0 Å². The van der Waals surface area contributed by atoms with E-state index in [1.54, 1.807) is 22.8 Å². The maximum Gasteiger partial charge on any atom is 0.439 e. The summed E-state index contributed by atoms with van der Waals surface area (Å²) in [5.74, 6) is -0.283. The molecule has 2 heterocycles. The number of amides is 1. The van der Waals surface area contributed by atoms with Crippen LogP contribution in [0.4, 0.5) is 4.79 Å². The predicted molar refractivity (Wildman–Crippen MR) is 138 cm³/mol. The quantitative estimate of drug-likeness (QED) is 0.395. The molecule has 9 heteroatoms. The Labute approximate surface area is 208 Å². The van der Waals surface area contributed by atoms with Gasteiger partial charge in [-0.15, -0.1) is 0 Å². The van der Waals surface area contributed by atoms with E-state index in [0.29, 0.717) is 28.6 Å². The topological polar surface area (TPSA) is 121 Å². The molecular formula is C27H30N4O5. The number of hydrogen-bond acceptors (Lipinski definition) is 5. The summed E-state index contributed by atoms with van der Waals surface area (Å²) >= 11 is 0. The summed E-state index contributed by atoms with van der Waals surface area (Å²) < 4.78 is 6.38. The lowest BCUT2D eigenvalue weighted by molar-refractivity contribution is 0.0937. The molecule has 0 aliphatic rings. The van der Waals surface area contributed by atoms with Gasteiger partial charge in [-0.1, -0.05) is 55.4 Å². The normalized spacial score (nSPS) is 11.8. The SMILES string of the molecule is CC(C)Cn1c(CN(C(=O)O)C(C)(C)C)c(-c2ccccc2)c2cc(-c3noc(=O)[nH]3)ccc2c1=O. The van der Waals surface area contributed by atoms with Crippen molar-refractivity contribution in [3.63, 3.8) is 0 Å². The molecule has 0 aliphatic heterocycles. The number of aromatic amines is 1. The van der Waals surface area contributed by atoms with Gasteiger partial charge in [0.1, 0.15) is 0 Å². The van der Waals surface area contributed by atoms with E-state index in [9.17, 15) is 19.5 Å². The standard InChI is InChI=1S/C27H30N4O5/c1-16(2)14-30-21(15-31(26(34)35)27(3,4)5)22(17-9-7-6-8-10-17)20-13-18(11-12-19(20)24(30)32)23-28-25(33)36-29-23/h6-13,16H,14-15H2,1-5H3,(H,34,35)(H,28,29,33). The van der Waals surface area contributed by atoms with Gasteiger partial charge in [0, 0.05) is 34.3 Å². The van der Waals surface area contributed by atoms with E-state index in [0.717, 1.165) is 11.1 Å². The number of nitrogens with zero attached hydrogens (tertiary/aromatic N) is 3. The molecule has 2 aromatic carbocycles. The summed E-state index contributed by atoms with van der Waals surface area (Å²) in [6, 6.07) is 14.8. The Bertz CT molecular complexity index is 1520. The van der Waals surface area contributed by atoms with Crippen molar-refractivity contribution < 1.29 is 14.4 Å². The van der Waals surface area contributed by atoms with Crippen molar-refractivity contribution >= 4 is 16.9 Å². The Kier molecular flexibility index (Phi) is 6.58. The van der Waals surface area contributed by atoms with Crippen molar-refractivity contribution in [1.82, 2.24) is 19.6 Å². The first kappa shape index (κ1) is 25.0. The number of rotatable bonds is 6. The smallest absolute Gasteiger partial charge is 0.439 e. The zero-order chi connectivity index (χ0) is 26.2. The summed E-state index contributed by atoms with van der Waals surface area (Å²) in [6.07, 6.45) is -1.07. The first-order chi connectivity index (χ1) is 17.0. The van der Waals surface area contributed by atoms with Crippen LogP contribution in [0.25, 0.3) is 33.3 Å². The number of carbonyl (C=O) groups is 1. The monoisotopic (exact) mass is 490 g/mol. The second kappa shape index (κ2) is 9.49. The Hall–Kier alpha value is -4.14. The van der Waals surface area contributed by atoms with Gasteiger partial charge in [0.25, 0.3) is 5.56 Å². The molecule has 9 nitrogen and oxygen atoms in total. The zero-order valence-corrected chi connectivity index (χ0v) is 21.0. The van der Waals surface area contributed by atoms with E-state index in [2.05, 4.69) is 14.7 Å². The van der Waals surface area contributed by atoms with Crippen molar-refractivity contribution in [3.8, 4) is 22.5 Å². The fourth-order valence-corrected chi connectivity index (χ4v) is 4.39. The lowest BCUT2D eigenvalue weighted by Crippen LogP contribution is -2.45. The van der Waals surface area contributed by atoms with Crippen LogP contribution in [-0.4, -0.2) is 36.3 Å². The van der Waals surface area contributed by atoms with Crippen molar-refractivity contribution in [3.05, 3.63) is 75.1 Å². The highest BCUT2D eigenvalue weighted by atomic mass is 16.5. The highest BCUT2D eigenvalue weighted by Gasteiger charge is 2.30. The summed E-state index contributed by atoms with van der Waals surface area (Å²) in [6.45, 7) is 9.97. The third kappa shape index (κ3) is 4.82. The molecule has 188 valence electrons. The molecule has 1 amide bonds. The number of aromatic nitrogens is 3. The van der Waals surface area contributed by atoms with Crippen molar-refractivity contribution in [1.29, 1.82) is 0 Å². The van der Waals surface area contributed by atoms with Crippen LogP contribution in [0.15, 0.2) is 62.6 Å². The number of fused-ring (bicyclic) bond motifs is 1. The summed E-state index contributed by atoms with van der Waals surface area (Å²) in [7, 11) is 0. The van der Waals surface area contributed by atoms with Gasteiger partial charge in [0.2, 0.25) is 0 Å². The minimum absolute atomic E-state index is 0.0198. The Morgan fingerprint density at radius 3 is 2.33 bits per heavy atom. The first-order valence-electron chi connectivity index (χ1n) is 11.8. The van der Waals surface area contributed by atoms with Gasteiger partial charge in [-0.25, -0.2) is 9.59 Å². The largest absolute Gasteiger partial charge is 0.465 e. The third-order valence-electron chi connectivity index (χ3n) is 6.05. The fraction of sp³-hybridized carbons (Fsp3) is 0.333. The molecule has 0 atom stereocenters. The molecule has 2 aromatic heterocycles. The molecule has 0 saturated heterocycles. The van der Waals surface area contributed by atoms with Gasteiger partial charge in [0.05, 0.1) is 6.54 Å². The summed E-state index contributed by atoms with van der Waals surface area (Å²) in [5, 5.41) is 15.0. The number of nitrogens with one attached hydrogen (secondary N) is 1. The summed E-state index contributed by atoms with van der Waals surface area (Å²) in [5.41, 5.74) is 1.89. The first-order valence-corrected chi connectivity index (χ1v) is 11.8. The number of pyridine rings is 1. The van der Waals surface area contributed by atoms with Crippen LogP contribution in [0.3, 0.4) is 0 Å². The van der Waals surface area contributed by atoms with Crippen LogP contribution in [0.1, 0.15) is 40.3 Å². The molecule has 0 aliphatic carbocycles. The van der Waals surface area contributed by atoms with E-state index in [1.807, 2.05) is 65.0 Å². The second-order valence-corrected chi connectivity index (χ2v) is 10.2. The van der Waals surface area contributed by atoms with Crippen molar-refractivity contribution in [2.24, 2.45) is 5.92 Å². The van der Waals surface area contributed by atoms with E-state index in [-0.39, 0.29) is 23.8 Å². The number of benzene rings is 2. The van der Waals surface area contributed by atoms with E-state index >= 15 is 0 Å². The van der Waals surface area contributed by atoms with Crippen LogP contribution in [-0.2, 0) is 13.1 Å². The maximum absolute atomic E-state index is 13.8. The molecule has 36 heavy (non-hydrogen) atoms. The minimum Gasteiger partial charge on any atom is -0.465 e. The van der Waals surface area contributed by atoms with Crippen LogP contribution < -0.4 is 11.3 Å². The molecule has 0 fully saturated rings. The molecule has 2 N–H and O–H groups in total. The molecule has 4 rings (SSSR count). The summed E-state index contributed by atoms with van der Waals surface area (Å²) in [4.78, 5) is 41.6. The predicted octanol–water partition coefficient (Wildman–Crippen LogP) is 4.95. The molecule has 0 saturated carbocycles. The highest BCUT2D eigenvalue weighted by molar-refractivity contribution is 5.99. The van der Waals surface area contributed by atoms with E-state index < -0.39 is 17.4 Å². The molecular weight excluding hydrogens is 460 g/mol. The average Bonchev–Trinajstić information content (AvgIpc) is 3.25. The van der Waals surface area contributed by atoms with Gasteiger partial charge < -0.3 is 9.67 Å². The number of carboxylic acid groups (broad SMARTS) is 1. The van der Waals surface area contributed by atoms with Gasteiger partial charge in [0.15, 0.2) is 5.82 Å². The fourth-order valence-electron chi connectivity index (χ4n) is 4.39. The van der Waals surface area contributed by atoms with Gasteiger partial charge in [-0.2, -0.15) is 0 Å². The second-order valence-electron chi connectivity index (χ2n) is 10.2. The number of hydrogen-bond donors (Lipinski definition) is 2. The minimum atomic E-state index is -1.07. The molecule has 4 aromatic rings. The third-order valence-corrected chi connectivity index (χ3v) is 6.05. The Morgan fingerprint density at radius 2 is 1.78 bits per heavy atom. The van der Waals surface area contributed by atoms with E-state index in [1.165, 1.54) is 4.90 Å². The molecule has 0 radical (unpaired) electrons. The molecule has 0 spiro atoms. The van der Waals surface area contributed by atoms with Crippen LogP contribution in [0, 0.1) is 5.92 Å². The highest BCUT2D eigenvalue weighted by Crippen LogP contribution is 2.35.